The van der Waals surface area contributed by atoms with Crippen LogP contribution >= 0.6 is 0 Å². The van der Waals surface area contributed by atoms with Gasteiger partial charge in [0.2, 0.25) is 0 Å². The number of benzene rings is 2. The average molecular weight is 467 g/mol. The number of nitrogens with zero attached hydrogens (tertiary/aromatic N) is 4. The van der Waals surface area contributed by atoms with Gasteiger partial charge in [0.25, 0.3) is 0 Å². The van der Waals surface area contributed by atoms with Crippen molar-refractivity contribution in [1.82, 2.24) is 18.2 Å². The summed E-state index contributed by atoms with van der Waals surface area (Å²) in [5.41, 5.74) is 1.75. The highest BCUT2D eigenvalue weighted by Gasteiger charge is 2.30. The minimum Gasteiger partial charge on any atom is -0.487 e. The third-order valence-corrected chi connectivity index (χ3v) is 6.82. The van der Waals surface area contributed by atoms with E-state index >= 15 is 0 Å². The lowest BCUT2D eigenvalue weighted by Crippen LogP contribution is -2.29. The van der Waals surface area contributed by atoms with E-state index < -0.39 is 16.2 Å². The van der Waals surface area contributed by atoms with E-state index in [0.29, 0.717) is 16.7 Å². The van der Waals surface area contributed by atoms with Crippen molar-refractivity contribution in [1.29, 1.82) is 0 Å². The molecule has 2 aromatic heterocycles. The molecule has 0 bridgehead atoms. The number of aromatic nitrogens is 3. The molecule has 0 aliphatic rings. The number of rotatable bonds is 7. The van der Waals surface area contributed by atoms with Crippen molar-refractivity contribution in [3.8, 4) is 17.3 Å². The second kappa shape index (κ2) is 8.30. The number of aryl methyl sites for hydroxylation is 1. The molecule has 9 nitrogen and oxygen atoms in total. The van der Waals surface area contributed by atoms with Crippen LogP contribution in [-0.4, -0.2) is 58.4 Å². The Morgan fingerprint density at radius 2 is 1.97 bits per heavy atom. The highest BCUT2D eigenvalue weighted by atomic mass is 32.2. The largest absolute Gasteiger partial charge is 0.487 e. The Labute approximate surface area is 190 Å². The molecule has 1 N–H and O–H groups in total. The quantitative estimate of drug-likeness (QED) is 0.415. The Morgan fingerprint density at radius 3 is 2.64 bits per heavy atom. The Hall–Kier alpha value is -3.76. The summed E-state index contributed by atoms with van der Waals surface area (Å²) in [7, 11) is -1.33. The molecule has 10 heteroatoms. The minimum absolute atomic E-state index is 0.0600. The Bertz CT molecular complexity index is 1520. The monoisotopic (exact) mass is 466 g/mol. The van der Waals surface area contributed by atoms with Crippen molar-refractivity contribution in [3.63, 3.8) is 0 Å². The smallest absolute Gasteiger partial charge is 0.338 e. The van der Waals surface area contributed by atoms with E-state index in [2.05, 4.69) is 16.5 Å². The number of fused-ring (bicyclic) bond motifs is 2. The third-order valence-electron chi connectivity index (χ3n) is 5.07. The fourth-order valence-electron chi connectivity index (χ4n) is 3.49. The van der Waals surface area contributed by atoms with Crippen LogP contribution in [-0.2, 0) is 10.2 Å². The predicted molar refractivity (Wildman–Crippen MR) is 126 cm³/mol. The Balaban J connectivity index is 2.14. The van der Waals surface area contributed by atoms with Gasteiger partial charge in [-0.1, -0.05) is 30.4 Å². The van der Waals surface area contributed by atoms with E-state index in [1.54, 1.807) is 30.3 Å². The maximum absolute atomic E-state index is 13.3. The third kappa shape index (κ3) is 3.83. The SMILES string of the molecule is C=CCOc1cccc2c1nc(-c1nc3ccc(C)cc3cc1C(=O)O)n2S(=O)(=O)N(C)C. The van der Waals surface area contributed by atoms with Crippen molar-refractivity contribution in [2.24, 2.45) is 0 Å². The summed E-state index contributed by atoms with van der Waals surface area (Å²) in [6.07, 6.45) is 1.56. The van der Waals surface area contributed by atoms with Crippen LogP contribution in [0.3, 0.4) is 0 Å². The lowest BCUT2D eigenvalue weighted by atomic mass is 10.1. The lowest BCUT2D eigenvalue weighted by Gasteiger charge is -2.16. The van der Waals surface area contributed by atoms with Crippen LogP contribution in [0.1, 0.15) is 15.9 Å². The summed E-state index contributed by atoms with van der Waals surface area (Å²) >= 11 is 0. The molecule has 33 heavy (non-hydrogen) atoms. The zero-order valence-electron chi connectivity index (χ0n) is 18.3. The van der Waals surface area contributed by atoms with Gasteiger partial charge < -0.3 is 9.84 Å². The number of carboxylic acid groups (broad SMARTS) is 1. The molecular weight excluding hydrogens is 444 g/mol. The number of carboxylic acids is 1. The summed E-state index contributed by atoms with van der Waals surface area (Å²) in [5, 5.41) is 10.6. The van der Waals surface area contributed by atoms with Crippen molar-refractivity contribution < 1.29 is 23.1 Å². The first kappa shape index (κ1) is 22.4. The summed E-state index contributed by atoms with van der Waals surface area (Å²) in [6, 6.07) is 11.8. The van der Waals surface area contributed by atoms with Crippen LogP contribution < -0.4 is 4.74 Å². The first-order valence-corrected chi connectivity index (χ1v) is 11.4. The Kier molecular flexibility index (Phi) is 5.64. The number of hydrogen-bond acceptors (Lipinski definition) is 6. The zero-order chi connectivity index (χ0) is 23.9. The molecule has 0 aliphatic heterocycles. The molecule has 0 radical (unpaired) electrons. The Morgan fingerprint density at radius 1 is 1.21 bits per heavy atom. The number of aromatic carboxylic acids is 1. The van der Waals surface area contributed by atoms with Crippen molar-refractivity contribution in [2.75, 3.05) is 20.7 Å². The first-order chi connectivity index (χ1) is 15.6. The average Bonchev–Trinajstić information content (AvgIpc) is 3.17. The van der Waals surface area contributed by atoms with Gasteiger partial charge in [-0.05, 0) is 37.3 Å². The minimum atomic E-state index is -4.10. The molecule has 4 rings (SSSR count). The number of para-hydroxylation sites is 1. The predicted octanol–water partition coefficient (Wildman–Crippen LogP) is 3.48. The van der Waals surface area contributed by atoms with Crippen LogP contribution in [0.15, 0.2) is 55.1 Å². The molecule has 0 fully saturated rings. The highest BCUT2D eigenvalue weighted by molar-refractivity contribution is 7.87. The normalized spacial score (nSPS) is 11.9. The zero-order valence-corrected chi connectivity index (χ0v) is 19.1. The molecule has 0 amide bonds. The van der Waals surface area contributed by atoms with Gasteiger partial charge in [-0.15, -0.1) is 0 Å². The van der Waals surface area contributed by atoms with Crippen molar-refractivity contribution >= 4 is 38.1 Å². The van der Waals surface area contributed by atoms with Crippen LogP contribution in [0.5, 0.6) is 5.75 Å². The molecule has 2 aromatic carbocycles. The summed E-state index contributed by atoms with van der Waals surface area (Å²) in [5.74, 6) is -1.02. The maximum Gasteiger partial charge on any atom is 0.338 e. The molecule has 0 unspecified atom stereocenters. The van der Waals surface area contributed by atoms with E-state index in [4.69, 9.17) is 4.74 Å². The number of hydrogen-bond donors (Lipinski definition) is 1. The van der Waals surface area contributed by atoms with Gasteiger partial charge in [0.15, 0.2) is 5.82 Å². The standard InChI is InChI=1S/C23H22N4O5S/c1-5-11-32-19-8-6-7-18-21(19)25-22(27(18)33(30,31)26(3)4)20-16(23(28)29)13-15-12-14(2)9-10-17(15)24-20/h5-10,12-13H,1,11H2,2-4H3,(H,28,29). The molecule has 0 saturated carbocycles. The molecule has 0 spiro atoms. The van der Waals surface area contributed by atoms with Crippen molar-refractivity contribution in [3.05, 3.63) is 66.2 Å². The van der Waals surface area contributed by atoms with Crippen LogP contribution in [0.25, 0.3) is 33.5 Å². The van der Waals surface area contributed by atoms with E-state index in [1.165, 1.54) is 20.2 Å². The van der Waals surface area contributed by atoms with Crippen LogP contribution in [0.4, 0.5) is 0 Å². The number of pyridine rings is 1. The fourth-order valence-corrected chi connectivity index (χ4v) is 4.56. The van der Waals surface area contributed by atoms with Gasteiger partial charge in [-0.3, -0.25) is 0 Å². The number of ether oxygens (including phenoxy) is 1. The van der Waals surface area contributed by atoms with Gasteiger partial charge in [0.05, 0.1) is 16.6 Å². The first-order valence-electron chi connectivity index (χ1n) is 9.98. The maximum atomic E-state index is 13.3. The van der Waals surface area contributed by atoms with Crippen LogP contribution in [0.2, 0.25) is 0 Å². The number of carbonyl (C=O) groups is 1. The van der Waals surface area contributed by atoms with E-state index in [9.17, 15) is 18.3 Å². The topological polar surface area (TPSA) is 115 Å². The van der Waals surface area contributed by atoms with Gasteiger partial charge in [-0.2, -0.15) is 12.7 Å². The molecule has 4 aromatic rings. The molecule has 0 aliphatic carbocycles. The molecule has 0 atom stereocenters. The molecular formula is C23H22N4O5S. The second-order valence-electron chi connectivity index (χ2n) is 7.60. The summed E-state index contributed by atoms with van der Waals surface area (Å²) < 4.78 is 34.4. The van der Waals surface area contributed by atoms with E-state index in [0.717, 1.165) is 13.8 Å². The van der Waals surface area contributed by atoms with E-state index in [-0.39, 0.29) is 34.7 Å². The van der Waals surface area contributed by atoms with Crippen molar-refractivity contribution in [2.45, 2.75) is 6.92 Å². The lowest BCUT2D eigenvalue weighted by molar-refractivity contribution is 0.0697. The van der Waals surface area contributed by atoms with Gasteiger partial charge in [0.1, 0.15) is 23.6 Å². The summed E-state index contributed by atoms with van der Waals surface area (Å²) in [4.78, 5) is 21.2. The molecule has 2 heterocycles. The number of imidazole rings is 1. The van der Waals surface area contributed by atoms with Crippen LogP contribution in [0, 0.1) is 6.92 Å². The molecule has 170 valence electrons. The van der Waals surface area contributed by atoms with Gasteiger partial charge >= 0.3 is 16.2 Å². The van der Waals surface area contributed by atoms with Gasteiger partial charge in [-0.25, -0.2) is 18.7 Å². The molecule has 0 saturated heterocycles. The fraction of sp³-hybridized carbons (Fsp3) is 0.174. The van der Waals surface area contributed by atoms with E-state index in [1.807, 2.05) is 19.1 Å². The van der Waals surface area contributed by atoms with Gasteiger partial charge in [0, 0.05) is 19.5 Å². The second-order valence-corrected chi connectivity index (χ2v) is 9.59. The highest BCUT2D eigenvalue weighted by Crippen LogP contribution is 2.34. The summed E-state index contributed by atoms with van der Waals surface area (Å²) in [6.45, 7) is 5.71.